The van der Waals surface area contributed by atoms with Gasteiger partial charge in [0.15, 0.2) is 0 Å². The summed E-state index contributed by atoms with van der Waals surface area (Å²) in [6.45, 7) is 2.14. The van der Waals surface area contributed by atoms with Crippen LogP contribution >= 0.6 is 0 Å². The Labute approximate surface area is 72.6 Å². The molecule has 1 aromatic heterocycles. The molecule has 0 radical (unpaired) electrons. The Bertz CT molecular complexity index is 248. The maximum absolute atomic E-state index is 8.89. The highest BCUT2D eigenvalue weighted by Gasteiger charge is 1.92. The monoisotopic (exact) mass is 163 g/mol. The highest BCUT2D eigenvalue weighted by Crippen LogP contribution is 2.05. The van der Waals surface area contributed by atoms with E-state index in [1.807, 2.05) is 31.2 Å². The van der Waals surface area contributed by atoms with Crippen LogP contribution in [-0.2, 0) is 0 Å². The van der Waals surface area contributed by atoms with Crippen molar-refractivity contribution in [1.82, 2.24) is 4.98 Å². The largest absolute Gasteiger partial charge is 0.392 e. The van der Waals surface area contributed by atoms with Crippen LogP contribution in [0.25, 0.3) is 6.08 Å². The summed E-state index contributed by atoms with van der Waals surface area (Å²) in [5.74, 6) is 0. The van der Waals surface area contributed by atoms with E-state index >= 15 is 0 Å². The van der Waals surface area contributed by atoms with Crippen molar-refractivity contribution in [3.8, 4) is 0 Å². The molecule has 1 N–H and O–H groups in total. The van der Waals surface area contributed by atoms with Crippen molar-refractivity contribution >= 4 is 6.08 Å². The third-order valence-electron chi connectivity index (χ3n) is 1.70. The fourth-order valence-electron chi connectivity index (χ4n) is 0.930. The second-order valence-electron chi connectivity index (χ2n) is 2.57. The zero-order chi connectivity index (χ0) is 8.81. The standard InChI is InChI=1S/C10H13NO/c1-2-9(8-12)7-10-5-3-4-6-11-10/h3-7,12H,2,8H2,1H3/b9-7+. The van der Waals surface area contributed by atoms with Gasteiger partial charge in [-0.15, -0.1) is 0 Å². The molecule has 0 aliphatic heterocycles. The highest BCUT2D eigenvalue weighted by molar-refractivity contribution is 5.48. The minimum Gasteiger partial charge on any atom is -0.392 e. The number of aliphatic hydroxyl groups is 1. The zero-order valence-corrected chi connectivity index (χ0v) is 7.20. The molecule has 0 aliphatic carbocycles. The summed E-state index contributed by atoms with van der Waals surface area (Å²) >= 11 is 0. The summed E-state index contributed by atoms with van der Waals surface area (Å²) in [6, 6.07) is 5.73. The van der Waals surface area contributed by atoms with Crippen molar-refractivity contribution in [2.45, 2.75) is 13.3 Å². The van der Waals surface area contributed by atoms with Gasteiger partial charge in [-0.05, 0) is 30.2 Å². The molecule has 2 heteroatoms. The summed E-state index contributed by atoms with van der Waals surface area (Å²) < 4.78 is 0. The van der Waals surface area contributed by atoms with Crippen LogP contribution in [0.3, 0.4) is 0 Å². The van der Waals surface area contributed by atoms with Crippen molar-refractivity contribution in [2.75, 3.05) is 6.61 Å². The molecule has 1 rings (SSSR count). The first-order valence-electron chi connectivity index (χ1n) is 4.08. The van der Waals surface area contributed by atoms with E-state index in [1.54, 1.807) is 6.20 Å². The van der Waals surface area contributed by atoms with Gasteiger partial charge in [-0.25, -0.2) is 0 Å². The fraction of sp³-hybridized carbons (Fsp3) is 0.300. The Morgan fingerprint density at radius 2 is 2.42 bits per heavy atom. The lowest BCUT2D eigenvalue weighted by Gasteiger charge is -1.98. The number of nitrogens with zero attached hydrogens (tertiary/aromatic N) is 1. The molecule has 0 saturated carbocycles. The maximum atomic E-state index is 8.89. The lowest BCUT2D eigenvalue weighted by atomic mass is 10.2. The molecule has 0 unspecified atom stereocenters. The lowest BCUT2D eigenvalue weighted by Crippen LogP contribution is -1.88. The van der Waals surface area contributed by atoms with E-state index < -0.39 is 0 Å². The number of rotatable bonds is 3. The van der Waals surface area contributed by atoms with Crippen molar-refractivity contribution < 1.29 is 5.11 Å². The number of hydrogen-bond acceptors (Lipinski definition) is 2. The molecular weight excluding hydrogens is 150 g/mol. The highest BCUT2D eigenvalue weighted by atomic mass is 16.3. The molecule has 0 fully saturated rings. The van der Waals surface area contributed by atoms with Crippen LogP contribution in [0.2, 0.25) is 0 Å². The summed E-state index contributed by atoms with van der Waals surface area (Å²) in [5.41, 5.74) is 1.91. The Balaban J connectivity index is 2.79. The van der Waals surface area contributed by atoms with E-state index in [0.717, 1.165) is 17.7 Å². The minimum atomic E-state index is 0.118. The minimum absolute atomic E-state index is 0.118. The van der Waals surface area contributed by atoms with Gasteiger partial charge in [-0.3, -0.25) is 4.98 Å². The van der Waals surface area contributed by atoms with Crippen LogP contribution in [0.5, 0.6) is 0 Å². The van der Waals surface area contributed by atoms with Crippen molar-refractivity contribution in [1.29, 1.82) is 0 Å². The second-order valence-corrected chi connectivity index (χ2v) is 2.57. The molecule has 0 aliphatic rings. The van der Waals surface area contributed by atoms with E-state index in [4.69, 9.17) is 5.11 Å². The molecular formula is C10H13NO. The molecule has 12 heavy (non-hydrogen) atoms. The fourth-order valence-corrected chi connectivity index (χ4v) is 0.930. The van der Waals surface area contributed by atoms with Crippen LogP contribution in [0.4, 0.5) is 0 Å². The molecule has 1 aromatic rings. The van der Waals surface area contributed by atoms with Gasteiger partial charge in [0.25, 0.3) is 0 Å². The first kappa shape index (κ1) is 8.94. The molecule has 2 nitrogen and oxygen atoms in total. The van der Waals surface area contributed by atoms with Crippen molar-refractivity contribution in [3.63, 3.8) is 0 Å². The van der Waals surface area contributed by atoms with Crippen LogP contribution < -0.4 is 0 Å². The van der Waals surface area contributed by atoms with Gasteiger partial charge in [0, 0.05) is 6.20 Å². The molecule has 64 valence electrons. The topological polar surface area (TPSA) is 33.1 Å². The van der Waals surface area contributed by atoms with Gasteiger partial charge >= 0.3 is 0 Å². The molecule has 1 heterocycles. The maximum Gasteiger partial charge on any atom is 0.0645 e. The van der Waals surface area contributed by atoms with Gasteiger partial charge < -0.3 is 5.11 Å². The molecule has 0 bridgehead atoms. The molecule has 0 amide bonds. The first-order valence-corrected chi connectivity index (χ1v) is 4.08. The smallest absolute Gasteiger partial charge is 0.0645 e. The quantitative estimate of drug-likeness (QED) is 0.737. The van der Waals surface area contributed by atoms with Gasteiger partial charge in [-0.1, -0.05) is 13.0 Å². The van der Waals surface area contributed by atoms with Gasteiger partial charge in [-0.2, -0.15) is 0 Å². The number of aromatic nitrogens is 1. The summed E-state index contributed by atoms with van der Waals surface area (Å²) in [5, 5.41) is 8.89. The SMILES string of the molecule is CC/C(=C\c1ccccn1)CO. The number of aliphatic hydroxyl groups excluding tert-OH is 1. The number of pyridine rings is 1. The predicted molar refractivity (Wildman–Crippen MR) is 49.6 cm³/mol. The van der Waals surface area contributed by atoms with E-state index in [2.05, 4.69) is 4.98 Å². The van der Waals surface area contributed by atoms with E-state index in [1.165, 1.54) is 0 Å². The van der Waals surface area contributed by atoms with Crippen molar-refractivity contribution in [3.05, 3.63) is 35.7 Å². The summed E-state index contributed by atoms with van der Waals surface area (Å²) in [7, 11) is 0. The second kappa shape index (κ2) is 4.67. The van der Waals surface area contributed by atoms with Crippen LogP contribution in [-0.4, -0.2) is 16.7 Å². The predicted octanol–water partition coefficient (Wildman–Crippen LogP) is 1.87. The molecule has 0 atom stereocenters. The molecule has 0 aromatic carbocycles. The third-order valence-corrected chi connectivity index (χ3v) is 1.70. The molecule has 0 spiro atoms. The third kappa shape index (κ3) is 2.47. The van der Waals surface area contributed by atoms with E-state index in [-0.39, 0.29) is 6.61 Å². The lowest BCUT2D eigenvalue weighted by molar-refractivity contribution is 0.329. The van der Waals surface area contributed by atoms with E-state index in [0.29, 0.717) is 0 Å². The summed E-state index contributed by atoms with van der Waals surface area (Å²) in [4.78, 5) is 4.13. The van der Waals surface area contributed by atoms with Crippen molar-refractivity contribution in [2.24, 2.45) is 0 Å². The van der Waals surface area contributed by atoms with Gasteiger partial charge in [0.2, 0.25) is 0 Å². The Kier molecular flexibility index (Phi) is 3.48. The Hall–Kier alpha value is -1.15. The zero-order valence-electron chi connectivity index (χ0n) is 7.20. The normalized spacial score (nSPS) is 11.7. The first-order chi connectivity index (χ1) is 5.86. The average Bonchev–Trinajstić information content (AvgIpc) is 2.16. The van der Waals surface area contributed by atoms with Crippen LogP contribution in [0.15, 0.2) is 30.0 Å². The van der Waals surface area contributed by atoms with Gasteiger partial charge in [0.05, 0.1) is 12.3 Å². The van der Waals surface area contributed by atoms with Crippen LogP contribution in [0, 0.1) is 0 Å². The summed E-state index contributed by atoms with van der Waals surface area (Å²) in [6.07, 6.45) is 4.53. The molecule has 0 saturated heterocycles. The Morgan fingerprint density at radius 3 is 2.92 bits per heavy atom. The number of hydrogen-bond donors (Lipinski definition) is 1. The van der Waals surface area contributed by atoms with Crippen LogP contribution in [0.1, 0.15) is 19.0 Å². The van der Waals surface area contributed by atoms with E-state index in [9.17, 15) is 0 Å². The van der Waals surface area contributed by atoms with Gasteiger partial charge in [0.1, 0.15) is 0 Å². The average molecular weight is 163 g/mol. The Morgan fingerprint density at radius 1 is 1.58 bits per heavy atom.